The number of benzene rings is 3. The van der Waals surface area contributed by atoms with Gasteiger partial charge in [-0.3, -0.25) is 9.59 Å². The summed E-state index contributed by atoms with van der Waals surface area (Å²) in [5.41, 5.74) is 3.94. The third-order valence-electron chi connectivity index (χ3n) is 6.92. The van der Waals surface area contributed by atoms with Crippen LogP contribution >= 0.6 is 0 Å². The van der Waals surface area contributed by atoms with Gasteiger partial charge in [-0.2, -0.15) is 0 Å². The van der Waals surface area contributed by atoms with Crippen molar-refractivity contribution in [3.8, 4) is 0 Å². The monoisotopic (exact) mass is 564 g/mol. The van der Waals surface area contributed by atoms with E-state index < -0.39 is 9.84 Å². The molecule has 3 aromatic carbocycles. The van der Waals surface area contributed by atoms with Gasteiger partial charge in [-0.1, -0.05) is 62.2 Å². The fourth-order valence-corrected chi connectivity index (χ4v) is 5.36. The van der Waals surface area contributed by atoms with Crippen molar-refractivity contribution < 1.29 is 22.7 Å². The minimum atomic E-state index is -3.28. The molecule has 0 heterocycles. The molecule has 3 rings (SSSR count). The van der Waals surface area contributed by atoms with E-state index in [9.17, 15) is 18.0 Å². The SMILES string of the molecule is CCCCO[C@@H](C)[C@H](c1ccc(C)cc1)N(C)C(=O)c1ccc(NC(=O)Cc2ccc(S(=O)(=O)CC)cc2)cc1. The van der Waals surface area contributed by atoms with Crippen LogP contribution in [0, 0.1) is 6.92 Å². The number of nitrogens with zero attached hydrogens (tertiary/aromatic N) is 1. The van der Waals surface area contributed by atoms with Crippen molar-refractivity contribution in [2.75, 3.05) is 24.7 Å². The molecular weight excluding hydrogens is 524 g/mol. The van der Waals surface area contributed by atoms with E-state index in [0.29, 0.717) is 23.4 Å². The number of carbonyl (C=O) groups excluding carboxylic acids is 2. The number of ether oxygens (including phenoxy) is 1. The maximum atomic E-state index is 13.5. The average Bonchev–Trinajstić information content (AvgIpc) is 2.94. The normalized spacial score (nSPS) is 12.9. The number of aryl methyl sites for hydroxylation is 1. The molecule has 0 spiro atoms. The Bertz CT molecular complexity index is 1370. The van der Waals surface area contributed by atoms with Crippen LogP contribution in [0.1, 0.15) is 66.7 Å². The summed E-state index contributed by atoms with van der Waals surface area (Å²) in [6.07, 6.45) is 1.90. The van der Waals surface area contributed by atoms with Gasteiger partial charge in [0.05, 0.1) is 29.2 Å². The lowest BCUT2D eigenvalue weighted by atomic mass is 9.98. The second kappa shape index (κ2) is 14.2. The molecular formula is C32H40N2O5S. The molecule has 0 saturated carbocycles. The Balaban J connectivity index is 1.67. The number of carbonyl (C=O) groups is 2. The Kier molecular flexibility index (Phi) is 11.0. The number of sulfone groups is 1. The van der Waals surface area contributed by atoms with Crippen LogP contribution in [0.25, 0.3) is 0 Å². The summed E-state index contributed by atoms with van der Waals surface area (Å²) in [6.45, 7) is 8.38. The number of anilines is 1. The van der Waals surface area contributed by atoms with Crippen LogP contribution in [0.4, 0.5) is 5.69 Å². The molecule has 0 radical (unpaired) electrons. The molecule has 0 aromatic heterocycles. The van der Waals surface area contributed by atoms with Crippen molar-refractivity contribution in [2.45, 2.75) is 64.0 Å². The first-order chi connectivity index (χ1) is 19.1. The van der Waals surface area contributed by atoms with Gasteiger partial charge >= 0.3 is 0 Å². The van der Waals surface area contributed by atoms with Crippen molar-refractivity contribution in [2.24, 2.45) is 0 Å². The topological polar surface area (TPSA) is 92.8 Å². The van der Waals surface area contributed by atoms with Crippen LogP contribution in [-0.2, 0) is 25.8 Å². The van der Waals surface area contributed by atoms with E-state index >= 15 is 0 Å². The highest BCUT2D eigenvalue weighted by molar-refractivity contribution is 7.91. The average molecular weight is 565 g/mol. The van der Waals surface area contributed by atoms with Crippen molar-refractivity contribution in [3.63, 3.8) is 0 Å². The molecule has 0 saturated heterocycles. The number of hydrogen-bond acceptors (Lipinski definition) is 5. The molecule has 0 fully saturated rings. The molecule has 3 aromatic rings. The van der Waals surface area contributed by atoms with Crippen LogP contribution in [0.3, 0.4) is 0 Å². The predicted octanol–water partition coefficient (Wildman–Crippen LogP) is 5.99. The van der Waals surface area contributed by atoms with Crippen molar-refractivity contribution in [1.82, 2.24) is 4.90 Å². The molecule has 2 amide bonds. The standard InChI is InChI=1S/C32H40N2O5S/c1-6-8-21-39-24(4)31(26-13-9-23(3)10-14-26)34(5)32(36)27-15-17-28(18-16-27)33-30(35)22-25-11-19-29(20-12-25)40(37,38)7-2/h9-20,24,31H,6-8,21-22H2,1-5H3,(H,33,35)/t24-,31+/m0/s1. The molecule has 0 aliphatic carbocycles. The summed E-state index contributed by atoms with van der Waals surface area (Å²) in [5, 5.41) is 2.84. The fraction of sp³-hybridized carbons (Fsp3) is 0.375. The summed E-state index contributed by atoms with van der Waals surface area (Å²) < 4.78 is 30.1. The van der Waals surface area contributed by atoms with Crippen LogP contribution in [-0.4, -0.2) is 50.6 Å². The maximum absolute atomic E-state index is 13.5. The Labute approximate surface area is 238 Å². The molecule has 40 heavy (non-hydrogen) atoms. The number of unbranched alkanes of at least 4 members (excludes halogenated alkanes) is 1. The van der Waals surface area contributed by atoms with Crippen LogP contribution < -0.4 is 5.32 Å². The first-order valence-electron chi connectivity index (χ1n) is 13.7. The molecule has 7 nitrogen and oxygen atoms in total. The van der Waals surface area contributed by atoms with Gasteiger partial charge < -0.3 is 15.0 Å². The zero-order valence-corrected chi connectivity index (χ0v) is 24.8. The third-order valence-corrected chi connectivity index (χ3v) is 8.67. The molecule has 0 unspecified atom stereocenters. The number of nitrogens with one attached hydrogen (secondary N) is 1. The number of amides is 2. The van der Waals surface area contributed by atoms with Gasteiger partial charge in [0.2, 0.25) is 5.91 Å². The second-order valence-corrected chi connectivity index (χ2v) is 12.3. The first-order valence-corrected chi connectivity index (χ1v) is 15.4. The minimum absolute atomic E-state index is 0.0273. The predicted molar refractivity (Wildman–Crippen MR) is 159 cm³/mol. The minimum Gasteiger partial charge on any atom is -0.376 e. The quantitative estimate of drug-likeness (QED) is 0.258. The van der Waals surface area contributed by atoms with E-state index in [4.69, 9.17) is 4.74 Å². The van der Waals surface area contributed by atoms with Gasteiger partial charge in [0.25, 0.3) is 5.91 Å². The van der Waals surface area contributed by atoms with Crippen molar-refractivity contribution >= 4 is 27.3 Å². The molecule has 8 heteroatoms. The Morgan fingerprint density at radius 2 is 1.55 bits per heavy atom. The molecule has 0 aliphatic heterocycles. The highest BCUT2D eigenvalue weighted by Gasteiger charge is 2.28. The summed E-state index contributed by atoms with van der Waals surface area (Å²) in [4.78, 5) is 28.0. The molecule has 214 valence electrons. The number of hydrogen-bond donors (Lipinski definition) is 1. The van der Waals surface area contributed by atoms with Gasteiger partial charge in [0.15, 0.2) is 9.84 Å². The molecule has 2 atom stereocenters. The van der Waals surface area contributed by atoms with Gasteiger partial charge in [-0.25, -0.2) is 8.42 Å². The van der Waals surface area contributed by atoms with E-state index in [1.807, 2.05) is 38.1 Å². The molecule has 1 N–H and O–H groups in total. The first kappa shape index (κ1) is 31.0. The Morgan fingerprint density at radius 3 is 2.12 bits per heavy atom. The second-order valence-electron chi connectivity index (χ2n) is 10.1. The smallest absolute Gasteiger partial charge is 0.254 e. The van der Waals surface area contributed by atoms with Crippen LogP contribution in [0.5, 0.6) is 0 Å². The largest absolute Gasteiger partial charge is 0.376 e. The summed E-state index contributed by atoms with van der Waals surface area (Å²) in [6, 6.07) is 21.1. The van der Waals surface area contributed by atoms with E-state index in [2.05, 4.69) is 12.2 Å². The van der Waals surface area contributed by atoms with E-state index in [1.165, 1.54) is 12.1 Å². The van der Waals surface area contributed by atoms with Gasteiger partial charge in [0, 0.05) is 24.9 Å². The lowest BCUT2D eigenvalue weighted by molar-refractivity contribution is -0.115. The van der Waals surface area contributed by atoms with E-state index in [0.717, 1.165) is 24.0 Å². The summed E-state index contributed by atoms with van der Waals surface area (Å²) in [5.74, 6) is -0.351. The van der Waals surface area contributed by atoms with Crippen LogP contribution in [0.2, 0.25) is 0 Å². The van der Waals surface area contributed by atoms with Crippen molar-refractivity contribution in [3.05, 3.63) is 95.1 Å². The van der Waals surface area contributed by atoms with E-state index in [-0.39, 0.29) is 41.0 Å². The number of likely N-dealkylation sites (N-methyl/N-ethyl adjacent to an activating group) is 1. The van der Waals surface area contributed by atoms with E-state index in [1.54, 1.807) is 55.3 Å². The highest BCUT2D eigenvalue weighted by Crippen LogP contribution is 2.28. The highest BCUT2D eigenvalue weighted by atomic mass is 32.2. The maximum Gasteiger partial charge on any atom is 0.254 e. The fourth-order valence-electron chi connectivity index (χ4n) is 4.48. The molecule has 0 bridgehead atoms. The zero-order chi connectivity index (χ0) is 29.3. The lowest BCUT2D eigenvalue weighted by Gasteiger charge is -2.33. The zero-order valence-electron chi connectivity index (χ0n) is 24.0. The van der Waals surface area contributed by atoms with Crippen LogP contribution in [0.15, 0.2) is 77.7 Å². The Hall–Kier alpha value is -3.49. The summed E-state index contributed by atoms with van der Waals surface area (Å²) in [7, 11) is -1.49. The third kappa shape index (κ3) is 8.26. The van der Waals surface area contributed by atoms with Gasteiger partial charge in [-0.05, 0) is 67.8 Å². The van der Waals surface area contributed by atoms with Crippen molar-refractivity contribution in [1.29, 1.82) is 0 Å². The molecule has 0 aliphatic rings. The van der Waals surface area contributed by atoms with Gasteiger partial charge in [0.1, 0.15) is 0 Å². The Morgan fingerprint density at radius 1 is 0.925 bits per heavy atom. The van der Waals surface area contributed by atoms with Gasteiger partial charge in [-0.15, -0.1) is 0 Å². The lowest BCUT2D eigenvalue weighted by Crippen LogP contribution is -2.38. The summed E-state index contributed by atoms with van der Waals surface area (Å²) >= 11 is 0. The number of rotatable bonds is 13.